The van der Waals surface area contributed by atoms with E-state index in [9.17, 15) is 4.79 Å². The van der Waals surface area contributed by atoms with Crippen molar-refractivity contribution in [1.82, 2.24) is 15.1 Å². The van der Waals surface area contributed by atoms with Crippen LogP contribution in [0.5, 0.6) is 0 Å². The topological polar surface area (TPSA) is 96.7 Å². The molecule has 17 heavy (non-hydrogen) atoms. The first-order chi connectivity index (χ1) is 8.13. The van der Waals surface area contributed by atoms with Crippen LogP contribution >= 0.6 is 0 Å². The van der Waals surface area contributed by atoms with Crippen LogP contribution in [0.3, 0.4) is 0 Å². The van der Waals surface area contributed by atoms with Crippen molar-refractivity contribution < 1.29 is 4.79 Å². The van der Waals surface area contributed by atoms with Gasteiger partial charge < -0.3 is 11.1 Å². The molecule has 0 unspecified atom stereocenters. The molecular formula is C11H17N5O. The summed E-state index contributed by atoms with van der Waals surface area (Å²) in [7, 11) is 0. The highest BCUT2D eigenvalue weighted by Gasteiger charge is 2.14. The number of nitrogens with two attached hydrogens (primary N) is 1. The molecule has 0 spiro atoms. The van der Waals surface area contributed by atoms with E-state index in [-0.39, 0.29) is 19.0 Å². The van der Waals surface area contributed by atoms with Crippen molar-refractivity contribution in [1.29, 1.82) is 5.26 Å². The van der Waals surface area contributed by atoms with Crippen LogP contribution in [0.15, 0.2) is 0 Å². The molecule has 0 bridgehead atoms. The van der Waals surface area contributed by atoms with E-state index in [1.54, 1.807) is 4.68 Å². The number of nitrogen functional groups attached to an aromatic ring is 1. The average Bonchev–Trinajstić information content (AvgIpc) is 2.62. The lowest BCUT2D eigenvalue weighted by Gasteiger charge is -2.05. The molecular weight excluding hydrogens is 218 g/mol. The van der Waals surface area contributed by atoms with Crippen molar-refractivity contribution in [2.24, 2.45) is 0 Å². The quantitative estimate of drug-likeness (QED) is 0.714. The SMILES string of the molecule is CCc1nn(CC(=O)NCC#N)c(CC)c1N. The van der Waals surface area contributed by atoms with E-state index in [1.807, 2.05) is 19.9 Å². The zero-order chi connectivity index (χ0) is 12.8. The molecule has 0 aromatic carbocycles. The van der Waals surface area contributed by atoms with Crippen LogP contribution < -0.4 is 11.1 Å². The maximum absolute atomic E-state index is 11.5. The summed E-state index contributed by atoms with van der Waals surface area (Å²) in [5.74, 6) is -0.230. The third-order valence-corrected chi connectivity index (χ3v) is 2.50. The van der Waals surface area contributed by atoms with Gasteiger partial charge in [0, 0.05) is 0 Å². The van der Waals surface area contributed by atoms with Gasteiger partial charge in [0.15, 0.2) is 0 Å². The molecule has 6 heteroatoms. The van der Waals surface area contributed by atoms with Gasteiger partial charge in [0.25, 0.3) is 0 Å². The molecule has 0 aliphatic rings. The van der Waals surface area contributed by atoms with Crippen molar-refractivity contribution in [3.8, 4) is 6.07 Å². The minimum absolute atomic E-state index is 0.0116. The minimum atomic E-state index is -0.230. The van der Waals surface area contributed by atoms with E-state index in [4.69, 9.17) is 11.0 Å². The van der Waals surface area contributed by atoms with Crippen LogP contribution in [-0.4, -0.2) is 22.2 Å². The largest absolute Gasteiger partial charge is 0.396 e. The number of carbonyl (C=O) groups excluding carboxylic acids is 1. The van der Waals surface area contributed by atoms with Gasteiger partial charge in [0.1, 0.15) is 13.1 Å². The van der Waals surface area contributed by atoms with Crippen LogP contribution in [0.2, 0.25) is 0 Å². The summed E-state index contributed by atoms with van der Waals surface area (Å²) in [4.78, 5) is 11.5. The highest BCUT2D eigenvalue weighted by Crippen LogP contribution is 2.18. The number of hydrogen-bond donors (Lipinski definition) is 2. The predicted molar refractivity (Wildman–Crippen MR) is 64.0 cm³/mol. The normalized spacial score (nSPS) is 9.94. The third-order valence-electron chi connectivity index (χ3n) is 2.50. The average molecular weight is 235 g/mol. The second kappa shape index (κ2) is 5.89. The number of nitrogens with zero attached hydrogens (tertiary/aromatic N) is 3. The molecule has 0 saturated heterocycles. The standard InChI is InChI=1S/C11H17N5O/c1-3-8-11(13)9(4-2)16(15-8)7-10(17)14-6-5-12/h3-4,6-7,13H2,1-2H3,(H,14,17). The van der Waals surface area contributed by atoms with Gasteiger partial charge in [-0.05, 0) is 12.8 Å². The molecule has 6 nitrogen and oxygen atoms in total. The second-order valence-electron chi connectivity index (χ2n) is 3.61. The molecule has 1 aromatic rings. The number of aryl methyl sites for hydroxylation is 1. The van der Waals surface area contributed by atoms with Crippen LogP contribution in [-0.2, 0) is 24.2 Å². The highest BCUT2D eigenvalue weighted by molar-refractivity contribution is 5.76. The molecule has 92 valence electrons. The van der Waals surface area contributed by atoms with Gasteiger partial charge >= 0.3 is 0 Å². The fraction of sp³-hybridized carbons (Fsp3) is 0.545. The number of aromatic nitrogens is 2. The number of rotatable bonds is 5. The lowest BCUT2D eigenvalue weighted by molar-refractivity contribution is -0.121. The molecule has 0 fully saturated rings. The molecule has 1 aromatic heterocycles. The van der Waals surface area contributed by atoms with Gasteiger partial charge in [-0.25, -0.2) is 0 Å². The Morgan fingerprint density at radius 1 is 1.53 bits per heavy atom. The van der Waals surface area contributed by atoms with Gasteiger partial charge in [-0.15, -0.1) is 0 Å². The Kier molecular flexibility index (Phi) is 4.52. The zero-order valence-corrected chi connectivity index (χ0v) is 10.2. The van der Waals surface area contributed by atoms with Gasteiger partial charge in [-0.1, -0.05) is 13.8 Å². The molecule has 3 N–H and O–H groups in total. The van der Waals surface area contributed by atoms with Gasteiger partial charge in [0.2, 0.25) is 5.91 Å². The van der Waals surface area contributed by atoms with E-state index < -0.39 is 0 Å². The van der Waals surface area contributed by atoms with Crippen LogP contribution in [0, 0.1) is 11.3 Å². The monoisotopic (exact) mass is 235 g/mol. The molecule has 1 heterocycles. The second-order valence-corrected chi connectivity index (χ2v) is 3.61. The summed E-state index contributed by atoms with van der Waals surface area (Å²) in [6.07, 6.45) is 1.47. The smallest absolute Gasteiger partial charge is 0.242 e. The number of nitriles is 1. The number of nitrogens with one attached hydrogen (secondary N) is 1. The van der Waals surface area contributed by atoms with Crippen molar-refractivity contribution in [3.63, 3.8) is 0 Å². The molecule has 0 saturated carbocycles. The summed E-state index contributed by atoms with van der Waals surface area (Å²) < 4.78 is 1.61. The molecule has 0 atom stereocenters. The van der Waals surface area contributed by atoms with Gasteiger partial charge in [-0.3, -0.25) is 9.48 Å². The lowest BCUT2D eigenvalue weighted by atomic mass is 10.2. The summed E-state index contributed by atoms with van der Waals surface area (Å²) in [6, 6.07) is 1.85. The first-order valence-corrected chi connectivity index (χ1v) is 5.61. The predicted octanol–water partition coefficient (Wildman–Crippen LogP) is 0.230. The fourth-order valence-corrected chi connectivity index (χ4v) is 1.66. The molecule has 1 rings (SSSR count). The zero-order valence-electron chi connectivity index (χ0n) is 10.2. The van der Waals surface area contributed by atoms with E-state index >= 15 is 0 Å². The fourth-order valence-electron chi connectivity index (χ4n) is 1.66. The van der Waals surface area contributed by atoms with Crippen LogP contribution in [0.25, 0.3) is 0 Å². The minimum Gasteiger partial charge on any atom is -0.396 e. The highest BCUT2D eigenvalue weighted by atomic mass is 16.2. The van der Waals surface area contributed by atoms with Crippen LogP contribution in [0.4, 0.5) is 5.69 Å². The Labute approximate surface area is 100 Å². The van der Waals surface area contributed by atoms with Crippen molar-refractivity contribution in [2.45, 2.75) is 33.2 Å². The van der Waals surface area contributed by atoms with Crippen molar-refractivity contribution >= 4 is 11.6 Å². The summed E-state index contributed by atoms with van der Waals surface area (Å²) >= 11 is 0. The number of carbonyl (C=O) groups is 1. The Balaban J connectivity index is 2.84. The number of anilines is 1. The summed E-state index contributed by atoms with van der Waals surface area (Å²) in [5, 5.41) is 15.1. The lowest BCUT2D eigenvalue weighted by Crippen LogP contribution is -2.28. The first kappa shape index (κ1) is 13.0. The first-order valence-electron chi connectivity index (χ1n) is 5.61. The number of hydrogen-bond acceptors (Lipinski definition) is 4. The summed E-state index contributed by atoms with van der Waals surface area (Å²) in [6.45, 7) is 4.06. The third kappa shape index (κ3) is 2.97. The van der Waals surface area contributed by atoms with Crippen molar-refractivity contribution in [3.05, 3.63) is 11.4 Å². The van der Waals surface area contributed by atoms with Gasteiger partial charge in [-0.2, -0.15) is 10.4 Å². The molecule has 1 amide bonds. The van der Waals surface area contributed by atoms with E-state index in [2.05, 4.69) is 10.4 Å². The van der Waals surface area contributed by atoms with Crippen LogP contribution in [0.1, 0.15) is 25.2 Å². The van der Waals surface area contributed by atoms with Crippen molar-refractivity contribution in [2.75, 3.05) is 12.3 Å². The maximum atomic E-state index is 11.5. The Morgan fingerprint density at radius 3 is 2.76 bits per heavy atom. The Hall–Kier alpha value is -2.03. The van der Waals surface area contributed by atoms with Gasteiger partial charge in [0.05, 0.1) is 23.1 Å². The number of amides is 1. The molecule has 0 radical (unpaired) electrons. The maximum Gasteiger partial charge on any atom is 0.242 e. The Bertz CT molecular complexity index is 443. The Morgan fingerprint density at radius 2 is 2.24 bits per heavy atom. The molecule has 0 aliphatic heterocycles. The molecule has 0 aliphatic carbocycles. The summed E-state index contributed by atoms with van der Waals surface area (Å²) in [5.41, 5.74) is 8.29. The van der Waals surface area contributed by atoms with E-state index in [0.29, 0.717) is 5.69 Å². The van der Waals surface area contributed by atoms with E-state index in [1.165, 1.54) is 0 Å². The van der Waals surface area contributed by atoms with E-state index in [0.717, 1.165) is 24.2 Å².